The SMILES string of the molecule is Cc1cc(CC(N)CNC(=O)OC(C)(C)C)ccc1[N+](=O)[O-]. The van der Waals surface area contributed by atoms with Gasteiger partial charge in [0.2, 0.25) is 0 Å². The molecule has 0 heterocycles. The molecule has 1 unspecified atom stereocenters. The molecule has 0 saturated heterocycles. The first-order chi connectivity index (χ1) is 10.1. The number of alkyl carbamates (subject to hydrolysis) is 1. The van der Waals surface area contributed by atoms with Gasteiger partial charge in [-0.05, 0) is 45.7 Å². The predicted octanol–water partition coefficient (Wildman–Crippen LogP) is 2.30. The number of nitrogens with one attached hydrogen (secondary N) is 1. The minimum atomic E-state index is -0.552. The first kappa shape index (κ1) is 17.9. The number of nitro benzene ring substituents is 1. The van der Waals surface area contributed by atoms with E-state index in [4.69, 9.17) is 10.5 Å². The number of aryl methyl sites for hydroxylation is 1. The second-order valence-corrected chi connectivity index (χ2v) is 6.22. The van der Waals surface area contributed by atoms with Gasteiger partial charge in [-0.1, -0.05) is 6.07 Å². The van der Waals surface area contributed by atoms with E-state index in [-0.39, 0.29) is 18.3 Å². The first-order valence-electron chi connectivity index (χ1n) is 7.05. The number of nitrogens with zero attached hydrogens (tertiary/aromatic N) is 1. The zero-order valence-corrected chi connectivity index (χ0v) is 13.4. The molecule has 1 amide bonds. The highest BCUT2D eigenvalue weighted by atomic mass is 16.6. The molecule has 122 valence electrons. The van der Waals surface area contributed by atoms with Crippen molar-refractivity contribution in [1.29, 1.82) is 0 Å². The smallest absolute Gasteiger partial charge is 0.407 e. The van der Waals surface area contributed by atoms with E-state index in [2.05, 4.69) is 5.32 Å². The number of nitrogens with two attached hydrogens (primary N) is 1. The van der Waals surface area contributed by atoms with E-state index in [9.17, 15) is 14.9 Å². The van der Waals surface area contributed by atoms with Crippen LogP contribution in [-0.2, 0) is 11.2 Å². The zero-order chi connectivity index (χ0) is 16.9. The number of rotatable bonds is 5. The van der Waals surface area contributed by atoms with Crippen LogP contribution in [0.4, 0.5) is 10.5 Å². The summed E-state index contributed by atoms with van der Waals surface area (Å²) >= 11 is 0. The minimum absolute atomic E-state index is 0.0872. The number of benzene rings is 1. The molecule has 1 rings (SSSR count). The van der Waals surface area contributed by atoms with Crippen LogP contribution in [-0.4, -0.2) is 29.2 Å². The average Bonchev–Trinajstić information content (AvgIpc) is 2.34. The van der Waals surface area contributed by atoms with Gasteiger partial charge in [-0.3, -0.25) is 10.1 Å². The molecule has 0 bridgehead atoms. The number of nitro groups is 1. The Labute approximate surface area is 130 Å². The molecule has 0 aliphatic rings. The standard InChI is InChI=1S/C15H23N3O4/c1-10-7-11(5-6-13(10)18(20)21)8-12(16)9-17-14(19)22-15(2,3)4/h5-7,12H,8-9,16H2,1-4H3,(H,17,19). The van der Waals surface area contributed by atoms with Crippen LogP contribution in [0.5, 0.6) is 0 Å². The van der Waals surface area contributed by atoms with E-state index in [1.165, 1.54) is 6.07 Å². The van der Waals surface area contributed by atoms with Crippen LogP contribution in [0.2, 0.25) is 0 Å². The first-order valence-corrected chi connectivity index (χ1v) is 7.05. The normalized spacial score (nSPS) is 12.6. The summed E-state index contributed by atoms with van der Waals surface area (Å²) in [5.41, 5.74) is 6.98. The van der Waals surface area contributed by atoms with E-state index in [0.29, 0.717) is 12.0 Å². The summed E-state index contributed by atoms with van der Waals surface area (Å²) in [5, 5.41) is 13.4. The second kappa shape index (κ2) is 7.22. The number of hydrogen-bond donors (Lipinski definition) is 2. The Bertz CT molecular complexity index is 552. The second-order valence-electron chi connectivity index (χ2n) is 6.22. The van der Waals surface area contributed by atoms with Gasteiger partial charge >= 0.3 is 6.09 Å². The lowest BCUT2D eigenvalue weighted by molar-refractivity contribution is -0.385. The third-order valence-corrected chi connectivity index (χ3v) is 2.86. The molecule has 0 radical (unpaired) electrons. The molecule has 1 atom stereocenters. The van der Waals surface area contributed by atoms with Gasteiger partial charge in [0.25, 0.3) is 5.69 Å². The molecule has 0 saturated carbocycles. The molecule has 22 heavy (non-hydrogen) atoms. The molecule has 0 spiro atoms. The van der Waals surface area contributed by atoms with Gasteiger partial charge in [0, 0.05) is 24.2 Å². The summed E-state index contributed by atoms with van der Waals surface area (Å²) in [5.74, 6) is 0. The topological polar surface area (TPSA) is 107 Å². The molecular formula is C15H23N3O4. The number of carbonyl (C=O) groups excluding carboxylic acids is 1. The van der Waals surface area contributed by atoms with Gasteiger partial charge in [-0.2, -0.15) is 0 Å². The minimum Gasteiger partial charge on any atom is -0.444 e. The van der Waals surface area contributed by atoms with Crippen molar-refractivity contribution in [3.63, 3.8) is 0 Å². The van der Waals surface area contributed by atoms with Crippen LogP contribution in [0.25, 0.3) is 0 Å². The van der Waals surface area contributed by atoms with Gasteiger partial charge in [0.1, 0.15) is 5.60 Å². The van der Waals surface area contributed by atoms with Crippen molar-refractivity contribution in [2.24, 2.45) is 5.73 Å². The maximum atomic E-state index is 11.5. The van der Waals surface area contributed by atoms with Crippen LogP contribution in [0.3, 0.4) is 0 Å². The Morgan fingerprint density at radius 3 is 2.59 bits per heavy atom. The predicted molar refractivity (Wildman–Crippen MR) is 83.7 cm³/mol. The quantitative estimate of drug-likeness (QED) is 0.641. The molecule has 0 aromatic heterocycles. The summed E-state index contributed by atoms with van der Waals surface area (Å²) < 4.78 is 5.12. The molecule has 1 aromatic rings. The molecule has 1 aromatic carbocycles. The number of carbonyl (C=O) groups is 1. The summed E-state index contributed by atoms with van der Waals surface area (Å²) in [6.07, 6.45) is -0.00270. The molecule has 0 fully saturated rings. The Morgan fingerprint density at radius 2 is 2.09 bits per heavy atom. The van der Waals surface area contributed by atoms with E-state index < -0.39 is 16.6 Å². The lowest BCUT2D eigenvalue weighted by Gasteiger charge is -2.20. The van der Waals surface area contributed by atoms with Crippen molar-refractivity contribution < 1.29 is 14.5 Å². The van der Waals surface area contributed by atoms with Crippen molar-refractivity contribution in [1.82, 2.24) is 5.32 Å². The fraction of sp³-hybridized carbons (Fsp3) is 0.533. The molecule has 0 aliphatic heterocycles. The lowest BCUT2D eigenvalue weighted by Crippen LogP contribution is -2.41. The van der Waals surface area contributed by atoms with E-state index in [1.807, 2.05) is 0 Å². The summed E-state index contributed by atoms with van der Waals surface area (Å²) in [4.78, 5) is 21.9. The van der Waals surface area contributed by atoms with E-state index >= 15 is 0 Å². The maximum absolute atomic E-state index is 11.5. The van der Waals surface area contributed by atoms with Gasteiger partial charge in [-0.25, -0.2) is 4.79 Å². The Morgan fingerprint density at radius 1 is 1.45 bits per heavy atom. The maximum Gasteiger partial charge on any atom is 0.407 e. The summed E-state index contributed by atoms with van der Waals surface area (Å²) in [7, 11) is 0. The van der Waals surface area contributed by atoms with E-state index in [0.717, 1.165) is 5.56 Å². The van der Waals surface area contributed by atoms with Crippen LogP contribution >= 0.6 is 0 Å². The highest BCUT2D eigenvalue weighted by molar-refractivity contribution is 5.67. The van der Waals surface area contributed by atoms with Crippen molar-refractivity contribution in [3.05, 3.63) is 39.4 Å². The van der Waals surface area contributed by atoms with Crippen LogP contribution in [0, 0.1) is 17.0 Å². The molecule has 3 N–H and O–H groups in total. The van der Waals surface area contributed by atoms with Crippen LogP contribution in [0.15, 0.2) is 18.2 Å². The third kappa shape index (κ3) is 6.09. The van der Waals surface area contributed by atoms with Crippen LogP contribution < -0.4 is 11.1 Å². The van der Waals surface area contributed by atoms with Crippen molar-refractivity contribution in [2.45, 2.75) is 45.8 Å². The van der Waals surface area contributed by atoms with Crippen molar-refractivity contribution in [2.75, 3.05) is 6.54 Å². The molecular weight excluding hydrogens is 286 g/mol. The average molecular weight is 309 g/mol. The fourth-order valence-corrected chi connectivity index (χ4v) is 1.95. The monoisotopic (exact) mass is 309 g/mol. The Balaban J connectivity index is 2.52. The summed E-state index contributed by atoms with van der Waals surface area (Å²) in [6.45, 7) is 7.31. The van der Waals surface area contributed by atoms with Gasteiger partial charge in [0.15, 0.2) is 0 Å². The van der Waals surface area contributed by atoms with Gasteiger partial charge < -0.3 is 15.8 Å². The zero-order valence-electron chi connectivity index (χ0n) is 13.4. The fourth-order valence-electron chi connectivity index (χ4n) is 1.95. The third-order valence-electron chi connectivity index (χ3n) is 2.86. The number of amides is 1. The Kier molecular flexibility index (Phi) is 5.87. The van der Waals surface area contributed by atoms with Gasteiger partial charge in [0.05, 0.1) is 4.92 Å². The molecule has 0 aliphatic carbocycles. The molecule has 7 heteroatoms. The summed E-state index contributed by atoms with van der Waals surface area (Å²) in [6, 6.07) is 4.59. The van der Waals surface area contributed by atoms with Crippen molar-refractivity contribution in [3.8, 4) is 0 Å². The van der Waals surface area contributed by atoms with Crippen molar-refractivity contribution >= 4 is 11.8 Å². The lowest BCUT2D eigenvalue weighted by atomic mass is 10.0. The Hall–Kier alpha value is -2.15. The van der Waals surface area contributed by atoms with Crippen LogP contribution in [0.1, 0.15) is 31.9 Å². The number of hydrogen-bond acceptors (Lipinski definition) is 5. The largest absolute Gasteiger partial charge is 0.444 e. The number of ether oxygens (including phenoxy) is 1. The van der Waals surface area contributed by atoms with Gasteiger partial charge in [-0.15, -0.1) is 0 Å². The van der Waals surface area contributed by atoms with E-state index in [1.54, 1.807) is 39.8 Å². The molecule has 7 nitrogen and oxygen atoms in total. The highest BCUT2D eigenvalue weighted by Gasteiger charge is 2.17. The highest BCUT2D eigenvalue weighted by Crippen LogP contribution is 2.19.